The van der Waals surface area contributed by atoms with Crippen molar-refractivity contribution in [2.45, 2.75) is 242 Å². The predicted octanol–water partition coefficient (Wildman–Crippen LogP) is 16.3. The maximum atomic E-state index is 12.4. The third-order valence-corrected chi connectivity index (χ3v) is 16.1. The van der Waals surface area contributed by atoms with Gasteiger partial charge in [-0.2, -0.15) is 4.31 Å². The van der Waals surface area contributed by atoms with Crippen LogP contribution in [-0.4, -0.2) is 74.1 Å². The molecule has 75 heavy (non-hydrogen) atoms. The van der Waals surface area contributed by atoms with E-state index >= 15 is 0 Å². The molecule has 0 radical (unpaired) electrons. The van der Waals surface area contributed by atoms with Crippen molar-refractivity contribution >= 4 is 15.6 Å². The van der Waals surface area contributed by atoms with E-state index in [0.29, 0.717) is 12.0 Å². The molecule has 0 aromatic rings. The third-order valence-electron chi connectivity index (χ3n) is 13.6. The highest BCUT2D eigenvalue weighted by molar-refractivity contribution is 7.61. The number of ether oxygens (including phenoxy) is 1. The first kappa shape index (κ1) is 70.2. The summed E-state index contributed by atoms with van der Waals surface area (Å²) in [4.78, 5) is 20.0. The molecule has 2 unspecified atom stereocenters. The first-order valence-corrected chi connectivity index (χ1v) is 30.5. The summed E-state index contributed by atoms with van der Waals surface area (Å²) < 4.78 is 43.5. The summed E-state index contributed by atoms with van der Waals surface area (Å²) in [7, 11) is -10.5. The third kappa shape index (κ3) is 35.4. The number of aliphatic hydroxyl groups excluding tert-OH is 4. The lowest BCUT2D eigenvalue weighted by Crippen LogP contribution is -2.58. The molecular weight excluding hydrogens is 987 g/mol. The quantitative estimate of drug-likeness (QED) is 0.0254. The summed E-state index contributed by atoms with van der Waals surface area (Å²) in [6.45, 7) is 24.9. The second kappa shape index (κ2) is 39.5. The van der Waals surface area contributed by atoms with Gasteiger partial charge in [0, 0.05) is 0 Å². The zero-order chi connectivity index (χ0) is 56.4. The molecule has 0 saturated carbocycles. The zero-order valence-electron chi connectivity index (χ0n) is 48.3. The van der Waals surface area contributed by atoms with E-state index in [9.17, 15) is 39.3 Å². The van der Waals surface area contributed by atoms with Gasteiger partial charge >= 0.3 is 15.6 Å². The Balaban J connectivity index is 2.30. The molecule has 0 aromatic carbocycles. The molecule has 14 heteroatoms. The van der Waals surface area contributed by atoms with Crippen LogP contribution < -0.4 is 0 Å². The Hall–Kier alpha value is -2.80. The molecule has 428 valence electrons. The van der Waals surface area contributed by atoms with Gasteiger partial charge in [-0.1, -0.05) is 128 Å². The minimum Gasteiger partial charge on any atom is -0.394 e. The van der Waals surface area contributed by atoms with Crippen LogP contribution in [0.5, 0.6) is 0 Å². The van der Waals surface area contributed by atoms with Gasteiger partial charge in [0.05, 0.1) is 13.2 Å². The summed E-state index contributed by atoms with van der Waals surface area (Å²) >= 11 is 0. The summed E-state index contributed by atoms with van der Waals surface area (Å²) in [5.74, 6) is 0. The van der Waals surface area contributed by atoms with Crippen LogP contribution in [0.1, 0.15) is 212 Å². The average molecular weight is 1090 g/mol. The van der Waals surface area contributed by atoms with Gasteiger partial charge in [0.1, 0.15) is 24.4 Å². The molecule has 0 spiro atoms. The van der Waals surface area contributed by atoms with E-state index in [0.717, 1.165) is 116 Å². The normalized spacial score (nSPS) is 22.5. The molecule has 1 aliphatic heterocycles. The van der Waals surface area contributed by atoms with E-state index in [4.69, 9.17) is 9.26 Å². The van der Waals surface area contributed by atoms with Gasteiger partial charge in [-0.05, 0) is 212 Å². The predicted molar refractivity (Wildman–Crippen MR) is 311 cm³/mol. The smallest absolute Gasteiger partial charge is 0.394 e. The van der Waals surface area contributed by atoms with Gasteiger partial charge in [-0.25, -0.2) is 9.13 Å². The van der Waals surface area contributed by atoms with E-state index in [1.54, 1.807) is 6.92 Å². The number of rotatable bonds is 38. The summed E-state index contributed by atoms with van der Waals surface area (Å²) in [6, 6.07) is 0. The highest BCUT2D eigenvalue weighted by Gasteiger charge is 2.48. The van der Waals surface area contributed by atoms with Crippen molar-refractivity contribution in [2.75, 3.05) is 13.2 Å². The second-order valence-corrected chi connectivity index (χ2v) is 24.1. The van der Waals surface area contributed by atoms with Crippen LogP contribution in [-0.2, 0) is 27.2 Å². The summed E-state index contributed by atoms with van der Waals surface area (Å²) in [6.07, 6.45) is 37.6. The molecule has 0 amide bonds. The van der Waals surface area contributed by atoms with Crippen molar-refractivity contribution in [2.24, 2.45) is 0 Å². The number of hydrogen-bond donors (Lipinski definition) is 6. The Labute approximate surface area is 454 Å². The molecular formula is C61H102O12P2. The molecule has 0 bridgehead atoms. The fourth-order valence-electron chi connectivity index (χ4n) is 8.23. The number of allylic oxidation sites excluding steroid dienone is 21. The van der Waals surface area contributed by atoms with Crippen LogP contribution >= 0.6 is 15.6 Å². The number of phosphoric ester groups is 2. The van der Waals surface area contributed by atoms with Crippen molar-refractivity contribution < 1.29 is 57.4 Å². The Morgan fingerprint density at radius 1 is 0.413 bits per heavy atom. The topological polar surface area (TPSA) is 192 Å². The fraction of sp³-hybridized carbons (Fsp3) is 0.639. The minimum absolute atomic E-state index is 0.377. The molecule has 1 heterocycles. The van der Waals surface area contributed by atoms with Crippen molar-refractivity contribution in [3.05, 3.63) is 128 Å². The minimum atomic E-state index is -5.39. The van der Waals surface area contributed by atoms with Crippen LogP contribution in [0.25, 0.3) is 0 Å². The van der Waals surface area contributed by atoms with Gasteiger partial charge in [-0.3, -0.25) is 9.05 Å². The lowest BCUT2D eigenvalue weighted by atomic mass is 10.00. The molecule has 0 aromatic heterocycles. The van der Waals surface area contributed by atoms with Crippen molar-refractivity contribution in [1.29, 1.82) is 0 Å². The number of aliphatic hydroxyl groups is 4. The van der Waals surface area contributed by atoms with Crippen molar-refractivity contribution in [3.63, 3.8) is 0 Å². The number of hydrogen-bond acceptors (Lipinski definition) is 10. The van der Waals surface area contributed by atoms with Crippen LogP contribution in [0.15, 0.2) is 128 Å². The molecule has 7 atom stereocenters. The van der Waals surface area contributed by atoms with E-state index in [2.05, 4.69) is 146 Å². The van der Waals surface area contributed by atoms with E-state index in [-0.39, 0.29) is 6.61 Å². The second-order valence-electron chi connectivity index (χ2n) is 21.1. The van der Waals surface area contributed by atoms with E-state index in [1.807, 2.05) is 6.08 Å². The molecule has 1 rings (SSSR count). The van der Waals surface area contributed by atoms with Gasteiger partial charge in [-0.15, -0.1) is 0 Å². The molecule has 0 aliphatic carbocycles. The monoisotopic (exact) mass is 1090 g/mol. The molecule has 6 N–H and O–H groups in total. The SMILES string of the molecule is C/C=C(/C)CC/C=C(/C)CC/C=C(/C)CC/C=C(/C)CC/C=C(/C)CC/C=C(/C)CC/C=C(/C)CC/C=C(/C)CC/C=C(\C)CC/C=C(\C)CC/C=C(\C)COP(=O)(O)OP(=O)(O)O[C@H]1O[C@H](CO)[C@H](O)[C@H](O)[C@H]1O. The lowest BCUT2D eigenvalue weighted by molar-refractivity contribution is -0.280. The van der Waals surface area contributed by atoms with Crippen molar-refractivity contribution in [3.8, 4) is 0 Å². The van der Waals surface area contributed by atoms with Crippen molar-refractivity contribution in [1.82, 2.24) is 0 Å². The summed E-state index contributed by atoms with van der Waals surface area (Å²) in [5, 5.41) is 39.0. The average Bonchev–Trinajstić information content (AvgIpc) is 3.33. The molecule has 12 nitrogen and oxygen atoms in total. The fourth-order valence-corrected chi connectivity index (χ4v) is 10.4. The first-order valence-electron chi connectivity index (χ1n) is 27.5. The molecule has 1 aliphatic rings. The highest BCUT2D eigenvalue weighted by atomic mass is 31.3. The van der Waals surface area contributed by atoms with Gasteiger partial charge in [0.15, 0.2) is 6.29 Å². The van der Waals surface area contributed by atoms with E-state index in [1.165, 1.54) is 62.2 Å². The Bertz CT molecular complexity index is 2130. The zero-order valence-corrected chi connectivity index (χ0v) is 50.1. The van der Waals surface area contributed by atoms with Gasteiger partial charge < -0.3 is 34.9 Å². The van der Waals surface area contributed by atoms with Crippen LogP contribution in [0.2, 0.25) is 0 Å². The van der Waals surface area contributed by atoms with Crippen LogP contribution in [0.4, 0.5) is 0 Å². The first-order chi connectivity index (χ1) is 35.4. The maximum Gasteiger partial charge on any atom is 0.483 e. The van der Waals surface area contributed by atoms with Crippen LogP contribution in [0.3, 0.4) is 0 Å². The Morgan fingerprint density at radius 2 is 0.680 bits per heavy atom. The molecule has 1 saturated heterocycles. The Kier molecular flexibility index (Phi) is 37.0. The van der Waals surface area contributed by atoms with Gasteiger partial charge in [0.2, 0.25) is 0 Å². The highest BCUT2D eigenvalue weighted by Crippen LogP contribution is 2.61. The Morgan fingerprint density at radius 3 is 0.947 bits per heavy atom. The maximum absolute atomic E-state index is 12.4. The lowest BCUT2D eigenvalue weighted by Gasteiger charge is -2.39. The standard InChI is InChI=1S/C61H102O12P2/c1-13-46(2)24-14-25-47(3)26-15-27-48(4)28-16-29-49(5)30-17-31-50(6)32-18-33-51(7)34-19-35-52(8)36-20-37-53(9)38-21-39-54(10)40-22-41-55(11)42-23-43-56(12)45-70-74(66,67)73-75(68,69)72-61-60(65)59(64)58(63)57(44-62)71-61/h13,25,27,29,31,33,35,37,39,41,43,57-65H,14-24,26,28,30,32,34,36,38,40,42,44-45H2,1-12H3,(H,66,67)(H,68,69)/b46-13-,47-25-,48-27-,49-29-,50-31-,51-33-,52-35-,53-37-,54-39+,55-41+,56-43+/t57-,58+,59+,60-,61-/m1/s1. The van der Waals surface area contributed by atoms with E-state index < -0.39 is 53.0 Å². The molecule has 1 fully saturated rings. The van der Waals surface area contributed by atoms with Crippen LogP contribution in [0, 0.1) is 0 Å². The largest absolute Gasteiger partial charge is 0.483 e. The summed E-state index contributed by atoms with van der Waals surface area (Å²) in [5.41, 5.74) is 15.0. The van der Waals surface area contributed by atoms with Gasteiger partial charge in [0.25, 0.3) is 0 Å². The number of phosphoric acid groups is 2.